The maximum atomic E-state index is 12.7. The third-order valence-electron chi connectivity index (χ3n) is 5.15. The van der Waals surface area contributed by atoms with Gasteiger partial charge in [0.15, 0.2) is 11.2 Å². The number of nitrogens with one attached hydrogen (secondary N) is 1. The standard InChI is InChI=1S/C22H37N5O3/c1-6-9-14-26-20-19(21(29)24-22(26)30)27(15-16(4)5)17(23-20)10-11-18(28)25(12-7-2)13-8-3/h16H,6-15H2,1-5H3,(H,24,29,30). The van der Waals surface area contributed by atoms with Gasteiger partial charge in [-0.15, -0.1) is 0 Å². The number of H-pyrrole nitrogens is 1. The van der Waals surface area contributed by atoms with E-state index in [-0.39, 0.29) is 5.91 Å². The van der Waals surface area contributed by atoms with Gasteiger partial charge >= 0.3 is 5.69 Å². The van der Waals surface area contributed by atoms with Crippen molar-refractivity contribution in [3.8, 4) is 0 Å². The fourth-order valence-electron chi connectivity index (χ4n) is 3.77. The lowest BCUT2D eigenvalue weighted by molar-refractivity contribution is -0.131. The average Bonchev–Trinajstić information content (AvgIpc) is 3.03. The molecule has 168 valence electrons. The van der Waals surface area contributed by atoms with Gasteiger partial charge in [-0.25, -0.2) is 9.78 Å². The number of carbonyl (C=O) groups excluding carboxylic acids is 1. The normalized spacial score (nSPS) is 11.5. The number of amides is 1. The van der Waals surface area contributed by atoms with Crippen LogP contribution in [0.4, 0.5) is 0 Å². The number of carbonyl (C=O) groups is 1. The first-order valence-corrected chi connectivity index (χ1v) is 11.3. The lowest BCUT2D eigenvalue weighted by Crippen LogP contribution is -2.32. The first-order valence-electron chi connectivity index (χ1n) is 11.3. The average molecular weight is 420 g/mol. The van der Waals surface area contributed by atoms with E-state index < -0.39 is 11.2 Å². The fraction of sp³-hybridized carbons (Fsp3) is 0.727. The fourth-order valence-corrected chi connectivity index (χ4v) is 3.77. The smallest absolute Gasteiger partial charge is 0.330 e. The quantitative estimate of drug-likeness (QED) is 0.572. The zero-order valence-corrected chi connectivity index (χ0v) is 19.2. The molecule has 8 heteroatoms. The molecule has 0 radical (unpaired) electrons. The molecule has 0 aromatic carbocycles. The summed E-state index contributed by atoms with van der Waals surface area (Å²) < 4.78 is 3.46. The van der Waals surface area contributed by atoms with Crippen LogP contribution in [0.25, 0.3) is 11.2 Å². The van der Waals surface area contributed by atoms with Crippen molar-refractivity contribution >= 4 is 17.1 Å². The number of imidazole rings is 1. The molecule has 0 aliphatic carbocycles. The van der Waals surface area contributed by atoms with Crippen LogP contribution in [0.3, 0.4) is 0 Å². The second-order valence-electron chi connectivity index (χ2n) is 8.35. The number of nitrogens with zero attached hydrogens (tertiary/aromatic N) is 4. The van der Waals surface area contributed by atoms with Crippen molar-refractivity contribution in [2.24, 2.45) is 5.92 Å². The molecule has 2 aromatic rings. The SMILES string of the molecule is CCCCn1c(=O)[nH]c(=O)c2c1nc(CCC(=O)N(CCC)CCC)n2CC(C)C. The highest BCUT2D eigenvalue weighted by Crippen LogP contribution is 2.16. The molecule has 0 aliphatic rings. The summed E-state index contributed by atoms with van der Waals surface area (Å²) in [6, 6.07) is 0. The monoisotopic (exact) mass is 419 g/mol. The van der Waals surface area contributed by atoms with E-state index in [2.05, 4.69) is 39.6 Å². The highest BCUT2D eigenvalue weighted by Gasteiger charge is 2.20. The number of aromatic amines is 1. The van der Waals surface area contributed by atoms with E-state index in [4.69, 9.17) is 4.98 Å². The van der Waals surface area contributed by atoms with E-state index in [1.165, 1.54) is 0 Å². The Kier molecular flexibility index (Phi) is 8.87. The molecule has 1 amide bonds. The Morgan fingerprint density at radius 2 is 1.73 bits per heavy atom. The summed E-state index contributed by atoms with van der Waals surface area (Å²) >= 11 is 0. The summed E-state index contributed by atoms with van der Waals surface area (Å²) in [6.07, 6.45) is 4.41. The number of aromatic nitrogens is 4. The topological polar surface area (TPSA) is 93.0 Å². The molecule has 0 atom stereocenters. The lowest BCUT2D eigenvalue weighted by Gasteiger charge is -2.21. The molecule has 0 fully saturated rings. The third kappa shape index (κ3) is 5.61. The van der Waals surface area contributed by atoms with Crippen LogP contribution in [0.1, 0.15) is 72.5 Å². The zero-order valence-electron chi connectivity index (χ0n) is 19.2. The second-order valence-corrected chi connectivity index (χ2v) is 8.35. The van der Waals surface area contributed by atoms with Crippen LogP contribution < -0.4 is 11.2 Å². The maximum Gasteiger partial charge on any atom is 0.330 e. The molecule has 2 rings (SSSR count). The predicted molar refractivity (Wildman–Crippen MR) is 120 cm³/mol. The van der Waals surface area contributed by atoms with E-state index in [1.807, 2.05) is 9.47 Å². The summed E-state index contributed by atoms with van der Waals surface area (Å²) in [5, 5.41) is 0. The Morgan fingerprint density at radius 1 is 1.07 bits per heavy atom. The van der Waals surface area contributed by atoms with E-state index in [9.17, 15) is 14.4 Å². The Hall–Kier alpha value is -2.38. The molecule has 8 nitrogen and oxygen atoms in total. The van der Waals surface area contributed by atoms with Crippen LogP contribution in [0.15, 0.2) is 9.59 Å². The summed E-state index contributed by atoms with van der Waals surface area (Å²) in [6.45, 7) is 13.0. The van der Waals surface area contributed by atoms with Crippen molar-refractivity contribution in [2.75, 3.05) is 13.1 Å². The van der Waals surface area contributed by atoms with E-state index in [0.29, 0.717) is 48.8 Å². The zero-order chi connectivity index (χ0) is 22.3. The molecule has 1 N–H and O–H groups in total. The molecular weight excluding hydrogens is 382 g/mol. The number of unbranched alkanes of at least 4 members (excludes halogenated alkanes) is 1. The Balaban J connectivity index is 2.45. The largest absolute Gasteiger partial charge is 0.343 e. The van der Waals surface area contributed by atoms with E-state index in [0.717, 1.165) is 38.8 Å². The summed E-state index contributed by atoms with van der Waals surface area (Å²) in [4.78, 5) is 46.8. The molecular formula is C22H37N5O3. The third-order valence-corrected chi connectivity index (χ3v) is 5.15. The molecule has 2 aromatic heterocycles. The summed E-state index contributed by atoms with van der Waals surface area (Å²) in [5.41, 5.74) is 0.0296. The minimum absolute atomic E-state index is 0.110. The van der Waals surface area contributed by atoms with Gasteiger partial charge in [0, 0.05) is 39.0 Å². The van der Waals surface area contributed by atoms with Gasteiger partial charge in [0.25, 0.3) is 5.56 Å². The molecule has 0 bridgehead atoms. The molecule has 2 heterocycles. The van der Waals surface area contributed by atoms with Crippen molar-refractivity contribution in [1.82, 2.24) is 24.0 Å². The van der Waals surface area contributed by atoms with Gasteiger partial charge in [0.1, 0.15) is 5.82 Å². The summed E-state index contributed by atoms with van der Waals surface area (Å²) in [7, 11) is 0. The minimum atomic E-state index is -0.421. The van der Waals surface area contributed by atoms with Crippen molar-refractivity contribution in [3.63, 3.8) is 0 Å². The van der Waals surface area contributed by atoms with Crippen molar-refractivity contribution in [3.05, 3.63) is 26.7 Å². The van der Waals surface area contributed by atoms with Gasteiger partial charge in [-0.3, -0.25) is 19.1 Å². The molecule has 0 spiro atoms. The van der Waals surface area contributed by atoms with Gasteiger partial charge in [0.05, 0.1) is 0 Å². The van der Waals surface area contributed by atoms with Crippen molar-refractivity contribution in [2.45, 2.75) is 86.2 Å². The van der Waals surface area contributed by atoms with Gasteiger partial charge in [-0.1, -0.05) is 41.0 Å². The van der Waals surface area contributed by atoms with Crippen LogP contribution in [0, 0.1) is 5.92 Å². The number of rotatable bonds is 12. The first kappa shape index (κ1) is 23.9. The Bertz CT molecular complexity index is 948. The maximum absolute atomic E-state index is 12.7. The highest BCUT2D eigenvalue weighted by atomic mass is 16.2. The van der Waals surface area contributed by atoms with Crippen LogP contribution in [-0.2, 0) is 24.3 Å². The molecule has 0 saturated heterocycles. The Morgan fingerprint density at radius 3 is 2.30 bits per heavy atom. The van der Waals surface area contributed by atoms with Gasteiger partial charge in [0.2, 0.25) is 5.91 Å². The predicted octanol–water partition coefficient (Wildman–Crippen LogP) is 2.92. The van der Waals surface area contributed by atoms with Crippen LogP contribution in [0.2, 0.25) is 0 Å². The number of hydrogen-bond acceptors (Lipinski definition) is 4. The molecule has 30 heavy (non-hydrogen) atoms. The van der Waals surface area contributed by atoms with Crippen LogP contribution >= 0.6 is 0 Å². The molecule has 0 aliphatic heterocycles. The highest BCUT2D eigenvalue weighted by molar-refractivity contribution is 5.76. The number of fused-ring (bicyclic) bond motifs is 1. The van der Waals surface area contributed by atoms with Gasteiger partial charge in [-0.05, 0) is 25.2 Å². The van der Waals surface area contributed by atoms with Gasteiger partial charge in [-0.2, -0.15) is 0 Å². The lowest BCUT2D eigenvalue weighted by atomic mass is 10.2. The van der Waals surface area contributed by atoms with Crippen LogP contribution in [-0.4, -0.2) is 43.0 Å². The number of aryl methyl sites for hydroxylation is 2. The Labute approximate surface area is 178 Å². The molecule has 0 saturated carbocycles. The van der Waals surface area contributed by atoms with Crippen LogP contribution in [0.5, 0.6) is 0 Å². The minimum Gasteiger partial charge on any atom is -0.343 e. The second kappa shape index (κ2) is 11.1. The summed E-state index contributed by atoms with van der Waals surface area (Å²) in [5.74, 6) is 1.10. The van der Waals surface area contributed by atoms with Gasteiger partial charge < -0.3 is 9.47 Å². The van der Waals surface area contributed by atoms with Crippen molar-refractivity contribution in [1.29, 1.82) is 0 Å². The number of hydrogen-bond donors (Lipinski definition) is 1. The molecule has 0 unspecified atom stereocenters. The first-order chi connectivity index (χ1) is 14.3. The van der Waals surface area contributed by atoms with E-state index in [1.54, 1.807) is 4.57 Å². The van der Waals surface area contributed by atoms with E-state index >= 15 is 0 Å². The van der Waals surface area contributed by atoms with Crippen molar-refractivity contribution < 1.29 is 4.79 Å².